The molecule has 0 saturated carbocycles. The van der Waals surface area contributed by atoms with Gasteiger partial charge in [-0.3, -0.25) is 4.98 Å². The highest BCUT2D eigenvalue weighted by atomic mass is 16.5. The predicted octanol–water partition coefficient (Wildman–Crippen LogP) is 2.75. The normalized spacial score (nSPS) is 12.2. The van der Waals surface area contributed by atoms with E-state index in [9.17, 15) is 20.4 Å². The fourth-order valence-corrected chi connectivity index (χ4v) is 4.26. The van der Waals surface area contributed by atoms with Crippen LogP contribution in [0.25, 0.3) is 12.3 Å². The number of benzene rings is 2. The van der Waals surface area contributed by atoms with Crippen molar-refractivity contribution in [3.8, 4) is 34.5 Å². The summed E-state index contributed by atoms with van der Waals surface area (Å²) in [5, 5.41) is 44.0. The highest BCUT2D eigenvalue weighted by Crippen LogP contribution is 2.48. The summed E-state index contributed by atoms with van der Waals surface area (Å²) in [6.07, 6.45) is 10.3. The van der Waals surface area contributed by atoms with Crippen LogP contribution in [0.1, 0.15) is 33.5 Å². The lowest BCUT2D eigenvalue weighted by molar-refractivity contribution is 0.314. The van der Waals surface area contributed by atoms with Crippen molar-refractivity contribution < 1.29 is 29.9 Å². The molecule has 4 aromatic rings. The van der Waals surface area contributed by atoms with Gasteiger partial charge in [-0.2, -0.15) is 0 Å². The summed E-state index contributed by atoms with van der Waals surface area (Å²) >= 11 is 0. The number of hydrogen-bond acceptors (Lipinski definition) is 8. The third-order valence-corrected chi connectivity index (χ3v) is 6.49. The molecule has 4 rings (SSSR count). The molecule has 0 saturated heterocycles. The van der Waals surface area contributed by atoms with Crippen LogP contribution < -0.4 is 19.9 Å². The van der Waals surface area contributed by atoms with Crippen molar-refractivity contribution in [1.29, 1.82) is 0 Å². The molecule has 0 atom stereocenters. The van der Waals surface area contributed by atoms with Crippen molar-refractivity contribution in [1.82, 2.24) is 14.5 Å². The summed E-state index contributed by atoms with van der Waals surface area (Å²) in [5.41, 5.74) is 3.37. The highest BCUT2D eigenvalue weighted by molar-refractivity contribution is 5.66. The fourth-order valence-electron chi connectivity index (χ4n) is 4.26. The third kappa shape index (κ3) is 4.63. The Morgan fingerprint density at radius 1 is 0.838 bits per heavy atom. The maximum atomic E-state index is 10.9. The van der Waals surface area contributed by atoms with E-state index in [-0.39, 0.29) is 34.5 Å². The summed E-state index contributed by atoms with van der Waals surface area (Å²) in [6.45, 7) is 5.16. The van der Waals surface area contributed by atoms with Crippen LogP contribution in [0.4, 0.5) is 0 Å². The number of nitrogens with zero attached hydrogens (tertiary/aromatic N) is 3. The Bertz CT molecular complexity index is 1540. The van der Waals surface area contributed by atoms with Crippen LogP contribution in [0.15, 0.2) is 37.1 Å². The molecular formula is C28H29N3O6. The van der Waals surface area contributed by atoms with Crippen molar-refractivity contribution >= 4 is 12.3 Å². The Hall–Kier alpha value is -4.66. The number of hydrogen-bond donors (Lipinski definition) is 4. The number of phenols is 4. The van der Waals surface area contributed by atoms with Gasteiger partial charge in [0, 0.05) is 63.9 Å². The van der Waals surface area contributed by atoms with Crippen LogP contribution in [0.3, 0.4) is 0 Å². The molecule has 0 fully saturated rings. The molecule has 0 aliphatic carbocycles. The number of methoxy groups -OCH3 is 2. The molecule has 0 radical (unpaired) electrons. The van der Waals surface area contributed by atoms with Crippen LogP contribution in [0.5, 0.6) is 34.5 Å². The molecule has 37 heavy (non-hydrogen) atoms. The van der Waals surface area contributed by atoms with Gasteiger partial charge >= 0.3 is 0 Å². The molecule has 4 N–H and O–H groups in total. The Kier molecular flexibility index (Phi) is 6.97. The van der Waals surface area contributed by atoms with Gasteiger partial charge in [-0.05, 0) is 38.5 Å². The Balaban J connectivity index is 1.71. The quantitative estimate of drug-likeness (QED) is 0.296. The number of imidazole rings is 1. The smallest absolute Gasteiger partial charge is 0.207 e. The minimum absolute atomic E-state index is 0.0499. The second-order valence-electron chi connectivity index (χ2n) is 8.69. The average Bonchev–Trinajstić information content (AvgIpc) is 3.42. The molecule has 0 unspecified atom stereocenters. The zero-order chi connectivity index (χ0) is 26.9. The molecule has 0 spiro atoms. The Labute approximate surface area is 213 Å². The van der Waals surface area contributed by atoms with Gasteiger partial charge in [-0.25, -0.2) is 4.98 Å². The van der Waals surface area contributed by atoms with Gasteiger partial charge in [-0.15, -0.1) is 0 Å². The van der Waals surface area contributed by atoms with Gasteiger partial charge in [0.05, 0.1) is 26.2 Å². The lowest BCUT2D eigenvalue weighted by Gasteiger charge is -2.17. The van der Waals surface area contributed by atoms with E-state index in [2.05, 4.69) is 9.97 Å². The fraction of sp³-hybridized carbons (Fsp3) is 0.214. The van der Waals surface area contributed by atoms with Crippen LogP contribution in [-0.2, 0) is 6.42 Å². The van der Waals surface area contributed by atoms with Gasteiger partial charge in [0.1, 0.15) is 11.5 Å². The standard InChI is InChI=1S/C28H29N3O6/c1-15-21(23(32)17(3)22(24(15)33)13-31-9-8-29-14-31)11-19-7-6-18(12-30-19)10-20-16(2)25(34)27(36-4)28(37-5)26(20)35/h6-9,11-14,32-35H,10H2,1-5H3/b21-11+,22-13+. The minimum Gasteiger partial charge on any atom is -0.507 e. The van der Waals surface area contributed by atoms with Crippen molar-refractivity contribution in [2.75, 3.05) is 14.2 Å². The van der Waals surface area contributed by atoms with Crippen LogP contribution in [-0.4, -0.2) is 49.2 Å². The first-order chi connectivity index (χ1) is 17.7. The molecule has 9 nitrogen and oxygen atoms in total. The molecular weight excluding hydrogens is 474 g/mol. The van der Waals surface area contributed by atoms with Gasteiger partial charge < -0.3 is 34.5 Å². The second kappa shape index (κ2) is 10.1. The molecule has 2 heterocycles. The lowest BCUT2D eigenvalue weighted by Crippen LogP contribution is -2.19. The van der Waals surface area contributed by atoms with Crippen molar-refractivity contribution in [2.24, 2.45) is 0 Å². The van der Waals surface area contributed by atoms with Crippen molar-refractivity contribution in [3.05, 3.63) is 81.0 Å². The number of ether oxygens (including phenoxy) is 2. The molecule has 2 aromatic heterocycles. The topological polar surface area (TPSA) is 130 Å². The van der Waals surface area contributed by atoms with E-state index < -0.39 is 0 Å². The molecule has 9 heteroatoms. The van der Waals surface area contributed by atoms with Gasteiger partial charge in [0.2, 0.25) is 11.5 Å². The zero-order valence-electron chi connectivity index (χ0n) is 21.3. The summed E-state index contributed by atoms with van der Waals surface area (Å²) in [5.74, 6) is 0.0457. The Morgan fingerprint density at radius 3 is 2.08 bits per heavy atom. The first kappa shape index (κ1) is 25.4. The molecule has 0 aliphatic heterocycles. The van der Waals surface area contributed by atoms with E-state index in [0.29, 0.717) is 44.8 Å². The van der Waals surface area contributed by atoms with Crippen LogP contribution >= 0.6 is 0 Å². The minimum atomic E-state index is -0.107. The van der Waals surface area contributed by atoms with E-state index in [1.807, 2.05) is 6.07 Å². The van der Waals surface area contributed by atoms with E-state index in [1.54, 1.807) is 68.6 Å². The van der Waals surface area contributed by atoms with E-state index in [4.69, 9.17) is 9.47 Å². The number of rotatable bonds is 6. The SMILES string of the molecule is COc1c(O)c(C)c(Cc2ccc(/C=c3\c(C)c(O)/c(=C/n4ccnc4)c(C)c3O)nc2)c(O)c1OC. The number of aromatic nitrogens is 3. The molecule has 192 valence electrons. The predicted molar refractivity (Wildman–Crippen MR) is 139 cm³/mol. The largest absolute Gasteiger partial charge is 0.507 e. The highest BCUT2D eigenvalue weighted by Gasteiger charge is 2.23. The number of pyridine rings is 1. The average molecular weight is 504 g/mol. The second-order valence-corrected chi connectivity index (χ2v) is 8.69. The lowest BCUT2D eigenvalue weighted by atomic mass is 9.98. The maximum absolute atomic E-state index is 10.9. The summed E-state index contributed by atoms with van der Waals surface area (Å²) in [7, 11) is 2.78. The van der Waals surface area contributed by atoms with E-state index in [0.717, 1.165) is 5.56 Å². The van der Waals surface area contributed by atoms with Gasteiger partial charge in [0.25, 0.3) is 0 Å². The first-order valence-corrected chi connectivity index (χ1v) is 11.5. The number of aromatic hydroxyl groups is 4. The van der Waals surface area contributed by atoms with Gasteiger partial charge in [0.15, 0.2) is 11.5 Å². The van der Waals surface area contributed by atoms with E-state index >= 15 is 0 Å². The van der Waals surface area contributed by atoms with Crippen LogP contribution in [0, 0.1) is 20.8 Å². The molecule has 2 aromatic carbocycles. The molecule has 0 aliphatic rings. The summed E-state index contributed by atoms with van der Waals surface area (Å²) in [6, 6.07) is 3.62. The first-order valence-electron chi connectivity index (χ1n) is 11.5. The Morgan fingerprint density at radius 2 is 1.49 bits per heavy atom. The maximum Gasteiger partial charge on any atom is 0.207 e. The van der Waals surface area contributed by atoms with Crippen molar-refractivity contribution in [3.63, 3.8) is 0 Å². The monoisotopic (exact) mass is 503 g/mol. The van der Waals surface area contributed by atoms with Crippen LogP contribution in [0.2, 0.25) is 0 Å². The number of phenolic OH excluding ortho intramolecular Hbond substituents is 4. The van der Waals surface area contributed by atoms with Gasteiger partial charge in [-0.1, -0.05) is 6.07 Å². The van der Waals surface area contributed by atoms with Crippen molar-refractivity contribution in [2.45, 2.75) is 27.2 Å². The van der Waals surface area contributed by atoms with E-state index in [1.165, 1.54) is 14.2 Å². The third-order valence-electron chi connectivity index (χ3n) is 6.49. The zero-order valence-corrected chi connectivity index (χ0v) is 21.3. The molecule has 0 bridgehead atoms. The molecule has 0 amide bonds. The summed E-state index contributed by atoms with van der Waals surface area (Å²) in [4.78, 5) is 8.48. The summed E-state index contributed by atoms with van der Waals surface area (Å²) < 4.78 is 12.1.